The number of esters is 16. The number of carbonyl (C=O) groups excluding carboxylic acids is 16. The van der Waals surface area contributed by atoms with Gasteiger partial charge in [-0.25, -0.2) is 0 Å². The lowest BCUT2D eigenvalue weighted by Gasteiger charge is -2.38. The lowest BCUT2D eigenvalue weighted by atomic mass is 9.71. The highest BCUT2D eigenvalue weighted by atomic mass is 16.7. The average molecular weight is 1920 g/mol. The van der Waals surface area contributed by atoms with Gasteiger partial charge in [-0.3, -0.25) is 76.7 Å². The Kier molecular flexibility index (Phi) is 35.2. The minimum absolute atomic E-state index is 0.00140. The first kappa shape index (κ1) is 106. The minimum Gasteiger partial charge on any atom is -0.465 e. The first-order chi connectivity index (χ1) is 64.3. The maximum atomic E-state index is 12.1. The maximum Gasteiger partial charge on any atom is 0.311 e. The van der Waals surface area contributed by atoms with Crippen molar-refractivity contribution in [2.45, 2.75) is 365 Å². The smallest absolute Gasteiger partial charge is 0.311 e. The van der Waals surface area contributed by atoms with Crippen LogP contribution < -0.4 is 0 Å². The second kappa shape index (κ2) is 45.0. The molecule has 12 bridgehead atoms. The third-order valence-corrected chi connectivity index (χ3v) is 34.4. The van der Waals surface area contributed by atoms with E-state index in [1.807, 2.05) is 118 Å². The van der Waals surface area contributed by atoms with Crippen molar-refractivity contribution in [3.05, 3.63) is 0 Å². The Hall–Kier alpha value is -8.48. The fourth-order valence-electron chi connectivity index (χ4n) is 24.5. The highest BCUT2D eigenvalue weighted by Crippen LogP contribution is 2.63. The quantitative estimate of drug-likeness (QED) is 0.0573. The second-order valence-corrected chi connectivity index (χ2v) is 43.8. The van der Waals surface area contributed by atoms with Crippen molar-refractivity contribution < 1.29 is 153 Å². The molecule has 0 spiro atoms. The van der Waals surface area contributed by atoms with Gasteiger partial charge in [-0.05, 0) is 173 Å². The van der Waals surface area contributed by atoms with Crippen molar-refractivity contribution in [3.8, 4) is 0 Å². The van der Waals surface area contributed by atoms with Gasteiger partial charge in [0.1, 0.15) is 60.0 Å². The fourth-order valence-corrected chi connectivity index (χ4v) is 24.5. The molecule has 0 amide bonds. The van der Waals surface area contributed by atoms with Crippen molar-refractivity contribution >= 4 is 95.5 Å². The van der Waals surface area contributed by atoms with Crippen LogP contribution in [0.2, 0.25) is 0 Å². The van der Waals surface area contributed by atoms with Crippen LogP contribution in [0.3, 0.4) is 0 Å². The molecule has 136 heavy (non-hydrogen) atoms. The standard InChI is InChI=1S/C16H24O4.3C14H20O4.C13H18O4.C12H18O4.C11H18O4.C10H16O4/c1-5-8(2)14(17)20-16(3,4)13-9-6-10-11(7-9)19-15(18)12(10)13;1-3-7(2)13(15)18-11-5-8-4-9(11)10-6-17-14(16)12(8)10;1-3-7(2)13(15)18-11-5-8-4-9(11)12-10(8)6-17-14(12)16;1-3-7(2)13(15)17-6-10-8-4-9-11(5-8)18-14(16)12(9)10;1-3-6(2)12(14)16-10-7-4-8-9(5-7)13(15)17-11(8)10;1-3-7(2)11(13)15-9-5-4-8-6-10(9)16-12(8)14;1-4-8(2)10(13)15-11(3)5-6-14-9(12)7-11;1-4-7(2)9(12)14-10(3)6-5-8(11)13-10/h8-13H,5-7H2,1-4H3;3*7-12H,3-6H2,1-2H3;6-11H,3-5H2,1-2H3;7-10H,3-6H2,1-2H3;8H,4-7H2,1-3H3;7H,4-6H2,1-3H3. The Bertz CT molecular complexity index is 4340. The van der Waals surface area contributed by atoms with Gasteiger partial charge in [0, 0.05) is 85.4 Å². The largest absolute Gasteiger partial charge is 0.465 e. The molecule has 32 heteroatoms. The van der Waals surface area contributed by atoms with Gasteiger partial charge in [-0.15, -0.1) is 0 Å². The lowest BCUT2D eigenvalue weighted by Crippen LogP contribution is -2.45. The predicted octanol–water partition coefficient (Wildman–Crippen LogP) is 14.4. The third kappa shape index (κ3) is 23.5. The van der Waals surface area contributed by atoms with E-state index in [-0.39, 0.29) is 251 Å². The van der Waals surface area contributed by atoms with Crippen molar-refractivity contribution in [2.75, 3.05) is 26.4 Å². The van der Waals surface area contributed by atoms with Crippen molar-refractivity contribution in [2.24, 2.45) is 166 Å². The van der Waals surface area contributed by atoms with Gasteiger partial charge in [-0.2, -0.15) is 0 Å². The summed E-state index contributed by atoms with van der Waals surface area (Å²) in [6.45, 7) is 39.8. The first-order valence-corrected chi connectivity index (χ1v) is 51.6. The van der Waals surface area contributed by atoms with E-state index >= 15 is 0 Å². The van der Waals surface area contributed by atoms with E-state index in [1.165, 1.54) is 0 Å². The normalized spacial score (nSPS) is 38.2. The SMILES string of the molecule is CCC(C)C(=O)OC(C)(C)C1C2CC3OC(=O)C1C3C2.CCC(C)C(=O)OC1(C)CCC(=O)O1.CCC(C)C(=O)OC1(C)CCOC(=O)C1.CCC(C)C(=O)OC1C2CC3C(=O)OC1C3C2.CCC(C)C(=O)OC1CC2CC1C1C(=O)OCC21.CCC(C)C(=O)OC1CC2CC1C1COC(=O)C21.CCC(C)C(=O)OC1CCC2CC1OC2=O.CCC(C)C(=O)OCC1C2CC3OC(=O)C1C3C2. The summed E-state index contributed by atoms with van der Waals surface area (Å²) in [4.78, 5) is 186. The Morgan fingerprint density at radius 1 is 0.382 bits per heavy atom. The van der Waals surface area contributed by atoms with Crippen LogP contribution in [0.1, 0.15) is 299 Å². The van der Waals surface area contributed by atoms with Crippen molar-refractivity contribution in [3.63, 3.8) is 0 Å². The summed E-state index contributed by atoms with van der Waals surface area (Å²) in [6.07, 6.45) is 19.2. The first-order valence-electron chi connectivity index (χ1n) is 51.6. The zero-order valence-corrected chi connectivity index (χ0v) is 83.9. The zero-order valence-electron chi connectivity index (χ0n) is 83.9. The average Bonchev–Trinajstić information content (AvgIpc) is 1.55. The second-order valence-electron chi connectivity index (χ2n) is 43.8. The van der Waals surface area contributed by atoms with Gasteiger partial charge in [0.2, 0.25) is 0 Å². The number of carbonyl (C=O) groups is 16. The molecule has 0 aromatic rings. The summed E-state index contributed by atoms with van der Waals surface area (Å²) in [5.74, 6) is 1.01. The van der Waals surface area contributed by atoms with Crippen molar-refractivity contribution in [1.29, 1.82) is 0 Å². The summed E-state index contributed by atoms with van der Waals surface area (Å²) in [5.41, 5.74) is -1.26. The maximum absolute atomic E-state index is 12.1. The molecule has 38 atom stereocenters. The number of fused-ring (bicyclic) bond motifs is 15. The van der Waals surface area contributed by atoms with Crippen LogP contribution in [0, 0.1) is 166 Å². The minimum atomic E-state index is -1.03. The van der Waals surface area contributed by atoms with E-state index in [0.717, 1.165) is 135 Å². The Balaban J connectivity index is 0.000000140. The molecule has 19 aliphatic rings. The highest BCUT2D eigenvalue weighted by molar-refractivity contribution is 5.82. The van der Waals surface area contributed by atoms with Crippen molar-refractivity contribution in [1.82, 2.24) is 0 Å². The molecule has 8 saturated heterocycles. The zero-order chi connectivity index (χ0) is 99.3. The Morgan fingerprint density at radius 3 is 1.44 bits per heavy atom. The molecule has 19 fully saturated rings. The lowest BCUT2D eigenvalue weighted by molar-refractivity contribution is -0.211. The van der Waals surface area contributed by atoms with E-state index in [0.29, 0.717) is 111 Å². The molecule has 0 N–H and O–H groups in total. The summed E-state index contributed by atoms with van der Waals surface area (Å²) in [7, 11) is 0. The molecule has 11 saturated carbocycles. The van der Waals surface area contributed by atoms with E-state index in [9.17, 15) is 76.7 Å². The molecule has 11 aliphatic carbocycles. The molecule has 8 heterocycles. The third-order valence-electron chi connectivity index (χ3n) is 34.4. The van der Waals surface area contributed by atoms with Crippen LogP contribution in [-0.4, -0.2) is 188 Å². The number of cyclic esters (lactones) is 4. The molecular weight excluding hydrogens is 1760 g/mol. The van der Waals surface area contributed by atoms with Crippen LogP contribution >= 0.6 is 0 Å². The van der Waals surface area contributed by atoms with Crippen LogP contribution in [-0.2, 0) is 153 Å². The Labute approximate surface area is 801 Å². The number of hydrogen-bond acceptors (Lipinski definition) is 32. The van der Waals surface area contributed by atoms with Gasteiger partial charge in [0.05, 0.1) is 122 Å². The molecule has 0 aromatic carbocycles. The Morgan fingerprint density at radius 2 is 0.860 bits per heavy atom. The van der Waals surface area contributed by atoms with Gasteiger partial charge in [0.15, 0.2) is 0 Å². The number of hydrogen-bond donors (Lipinski definition) is 0. The molecule has 38 unspecified atom stereocenters. The monoisotopic (exact) mass is 1920 g/mol. The molecule has 762 valence electrons. The summed E-state index contributed by atoms with van der Waals surface area (Å²) in [6, 6.07) is 0. The van der Waals surface area contributed by atoms with Crippen LogP contribution in [0.15, 0.2) is 0 Å². The number of rotatable bonds is 26. The van der Waals surface area contributed by atoms with Gasteiger partial charge < -0.3 is 75.8 Å². The fraction of sp³-hybridized carbons (Fsp3) is 0.846. The summed E-state index contributed by atoms with van der Waals surface area (Å²) < 4.78 is 85.3. The van der Waals surface area contributed by atoms with Gasteiger partial charge >= 0.3 is 95.5 Å². The van der Waals surface area contributed by atoms with E-state index in [1.54, 1.807) is 20.8 Å². The topological polar surface area (TPSA) is 421 Å². The van der Waals surface area contributed by atoms with Crippen LogP contribution in [0.25, 0.3) is 0 Å². The van der Waals surface area contributed by atoms with E-state index in [4.69, 9.17) is 75.8 Å². The molecule has 32 nitrogen and oxygen atoms in total. The number of ether oxygens (including phenoxy) is 16. The molecule has 0 aromatic heterocycles. The highest BCUT2D eigenvalue weighted by Gasteiger charge is 2.68. The van der Waals surface area contributed by atoms with Crippen LogP contribution in [0.5, 0.6) is 0 Å². The van der Waals surface area contributed by atoms with E-state index in [2.05, 4.69) is 0 Å². The summed E-state index contributed by atoms with van der Waals surface area (Å²) in [5, 5.41) is 0. The van der Waals surface area contributed by atoms with Gasteiger partial charge in [-0.1, -0.05) is 111 Å². The molecule has 19 rings (SSSR count). The van der Waals surface area contributed by atoms with E-state index < -0.39 is 17.0 Å². The molecular formula is C104H154O32. The van der Waals surface area contributed by atoms with Crippen LogP contribution in [0.4, 0.5) is 0 Å². The van der Waals surface area contributed by atoms with Gasteiger partial charge in [0.25, 0.3) is 5.79 Å². The predicted molar refractivity (Wildman–Crippen MR) is 482 cm³/mol. The molecule has 8 aliphatic heterocycles. The summed E-state index contributed by atoms with van der Waals surface area (Å²) >= 11 is 0. The molecule has 0 radical (unpaired) electrons.